The standard InChI is InChI=1S/C7H5Cl2NO/c8-6-3-1-2-4-7(6,9)10-5-11/h1-3H,4H2. The predicted molar refractivity (Wildman–Crippen MR) is 44.4 cm³/mol. The Morgan fingerprint density at radius 1 is 1.73 bits per heavy atom. The van der Waals surface area contributed by atoms with Crippen molar-refractivity contribution in [3.8, 4) is 0 Å². The molecule has 1 unspecified atom stereocenters. The second-order valence-corrected chi connectivity index (χ2v) is 3.14. The van der Waals surface area contributed by atoms with Gasteiger partial charge in [-0.3, -0.25) is 0 Å². The fourth-order valence-electron chi connectivity index (χ4n) is 0.773. The maximum atomic E-state index is 9.94. The van der Waals surface area contributed by atoms with Gasteiger partial charge >= 0.3 is 0 Å². The van der Waals surface area contributed by atoms with Gasteiger partial charge in [-0.15, -0.1) is 0 Å². The molecule has 0 bridgehead atoms. The Labute approximate surface area is 74.2 Å². The number of hydrogen-bond acceptors (Lipinski definition) is 2. The van der Waals surface area contributed by atoms with Crippen LogP contribution in [0.2, 0.25) is 0 Å². The van der Waals surface area contributed by atoms with Crippen LogP contribution in [-0.4, -0.2) is 11.1 Å². The van der Waals surface area contributed by atoms with Crippen LogP contribution in [0.1, 0.15) is 6.42 Å². The molecule has 0 saturated heterocycles. The smallest absolute Gasteiger partial charge is 0.211 e. The molecule has 0 amide bonds. The van der Waals surface area contributed by atoms with Crippen molar-refractivity contribution in [3.05, 3.63) is 23.3 Å². The van der Waals surface area contributed by atoms with Crippen LogP contribution < -0.4 is 0 Å². The first kappa shape index (κ1) is 8.54. The molecular weight excluding hydrogens is 185 g/mol. The summed E-state index contributed by atoms with van der Waals surface area (Å²) in [4.78, 5) is 12.2. The first-order valence-electron chi connectivity index (χ1n) is 3.00. The van der Waals surface area contributed by atoms with E-state index in [9.17, 15) is 4.79 Å². The molecule has 0 aliphatic heterocycles. The lowest BCUT2D eigenvalue weighted by molar-refractivity contribution is 0.557. The highest BCUT2D eigenvalue weighted by Gasteiger charge is 2.30. The van der Waals surface area contributed by atoms with Gasteiger partial charge in [-0.05, 0) is 6.08 Å². The summed E-state index contributed by atoms with van der Waals surface area (Å²) in [6.45, 7) is 0. The molecule has 11 heavy (non-hydrogen) atoms. The van der Waals surface area contributed by atoms with Gasteiger partial charge in [0, 0.05) is 6.42 Å². The van der Waals surface area contributed by atoms with E-state index in [2.05, 4.69) is 4.99 Å². The Balaban J connectivity index is 2.96. The molecule has 1 rings (SSSR count). The van der Waals surface area contributed by atoms with Gasteiger partial charge in [0.2, 0.25) is 6.08 Å². The molecule has 1 aliphatic rings. The van der Waals surface area contributed by atoms with E-state index in [0.717, 1.165) is 0 Å². The molecular formula is C7H5Cl2NO. The number of aliphatic imine (C=N–C) groups is 1. The third-order valence-electron chi connectivity index (χ3n) is 1.36. The van der Waals surface area contributed by atoms with Crippen LogP contribution in [0.4, 0.5) is 0 Å². The van der Waals surface area contributed by atoms with Crippen LogP contribution in [0.25, 0.3) is 0 Å². The average molecular weight is 190 g/mol. The van der Waals surface area contributed by atoms with Crippen molar-refractivity contribution in [2.75, 3.05) is 0 Å². The van der Waals surface area contributed by atoms with E-state index in [1.54, 1.807) is 18.2 Å². The molecule has 1 aliphatic carbocycles. The zero-order valence-electron chi connectivity index (χ0n) is 5.55. The Bertz CT molecular complexity index is 266. The Morgan fingerprint density at radius 2 is 2.45 bits per heavy atom. The molecule has 2 nitrogen and oxygen atoms in total. The van der Waals surface area contributed by atoms with E-state index < -0.39 is 5.00 Å². The Hall–Kier alpha value is -0.560. The molecule has 58 valence electrons. The maximum Gasteiger partial charge on any atom is 0.237 e. The van der Waals surface area contributed by atoms with Gasteiger partial charge in [0.25, 0.3) is 0 Å². The van der Waals surface area contributed by atoms with E-state index in [4.69, 9.17) is 23.2 Å². The third-order valence-corrected chi connectivity index (χ3v) is 2.33. The summed E-state index contributed by atoms with van der Waals surface area (Å²) in [5.74, 6) is 0. The fraction of sp³-hybridized carbons (Fsp3) is 0.286. The SMILES string of the molecule is O=C=NC1(Cl)CC=CC=C1Cl. The molecule has 1 atom stereocenters. The number of nitrogens with zero attached hydrogens (tertiary/aromatic N) is 1. The van der Waals surface area contributed by atoms with Gasteiger partial charge in [0.05, 0.1) is 5.03 Å². The quantitative estimate of drug-likeness (QED) is 0.270. The fourth-order valence-corrected chi connectivity index (χ4v) is 1.15. The van der Waals surface area contributed by atoms with Crippen molar-refractivity contribution in [3.63, 3.8) is 0 Å². The number of allylic oxidation sites excluding steroid dienone is 2. The molecule has 0 saturated carbocycles. The van der Waals surface area contributed by atoms with E-state index >= 15 is 0 Å². The highest BCUT2D eigenvalue weighted by Crippen LogP contribution is 2.35. The lowest BCUT2D eigenvalue weighted by atomic mass is 10.1. The number of rotatable bonds is 1. The summed E-state index contributed by atoms with van der Waals surface area (Å²) in [6.07, 6.45) is 6.99. The molecule has 0 radical (unpaired) electrons. The third kappa shape index (κ3) is 1.72. The summed E-state index contributed by atoms with van der Waals surface area (Å²) in [5, 5.41) is 0.352. The number of halogens is 2. The predicted octanol–water partition coefficient (Wildman–Crippen LogP) is 2.34. The van der Waals surface area contributed by atoms with Gasteiger partial charge in [-0.1, -0.05) is 35.4 Å². The summed E-state index contributed by atoms with van der Waals surface area (Å²) < 4.78 is 0. The van der Waals surface area contributed by atoms with Crippen molar-refractivity contribution in [1.82, 2.24) is 0 Å². The first-order valence-corrected chi connectivity index (χ1v) is 3.75. The molecule has 0 aromatic carbocycles. The average Bonchev–Trinajstić information content (AvgIpc) is 1.96. The molecule has 4 heteroatoms. The number of isocyanates is 1. The van der Waals surface area contributed by atoms with Gasteiger partial charge in [0.15, 0.2) is 5.00 Å². The van der Waals surface area contributed by atoms with Crippen LogP contribution in [0.15, 0.2) is 28.3 Å². The minimum Gasteiger partial charge on any atom is -0.211 e. The topological polar surface area (TPSA) is 29.4 Å². The second kappa shape index (κ2) is 3.22. The van der Waals surface area contributed by atoms with Crippen LogP contribution in [0.3, 0.4) is 0 Å². The number of alkyl halides is 1. The summed E-state index contributed by atoms with van der Waals surface area (Å²) in [7, 11) is 0. The first-order chi connectivity index (χ1) is 5.19. The minimum absolute atomic E-state index is 0.352. The minimum atomic E-state index is -1.10. The number of carbonyl (C=O) groups excluding carboxylic acids is 1. The second-order valence-electron chi connectivity index (χ2n) is 2.11. The van der Waals surface area contributed by atoms with Crippen molar-refractivity contribution in [2.45, 2.75) is 11.4 Å². The van der Waals surface area contributed by atoms with Crippen LogP contribution in [0.5, 0.6) is 0 Å². The van der Waals surface area contributed by atoms with Crippen LogP contribution in [-0.2, 0) is 4.79 Å². The molecule has 0 heterocycles. The van der Waals surface area contributed by atoms with E-state index in [1.165, 1.54) is 6.08 Å². The summed E-state index contributed by atoms with van der Waals surface area (Å²) >= 11 is 11.6. The summed E-state index contributed by atoms with van der Waals surface area (Å²) in [6, 6.07) is 0. The van der Waals surface area contributed by atoms with E-state index in [0.29, 0.717) is 11.5 Å². The lowest BCUT2D eigenvalue weighted by Crippen LogP contribution is -2.19. The zero-order valence-corrected chi connectivity index (χ0v) is 7.06. The molecule has 0 aromatic rings. The monoisotopic (exact) mass is 189 g/mol. The lowest BCUT2D eigenvalue weighted by Gasteiger charge is -2.19. The van der Waals surface area contributed by atoms with Gasteiger partial charge in [0.1, 0.15) is 0 Å². The van der Waals surface area contributed by atoms with E-state index in [1.807, 2.05) is 0 Å². The van der Waals surface area contributed by atoms with E-state index in [-0.39, 0.29) is 0 Å². The number of hydrogen-bond donors (Lipinski definition) is 0. The normalized spacial score (nSPS) is 29.1. The molecule has 0 N–H and O–H groups in total. The Morgan fingerprint density at radius 3 is 3.00 bits per heavy atom. The summed E-state index contributed by atoms with van der Waals surface area (Å²) in [5.41, 5.74) is 0. The highest BCUT2D eigenvalue weighted by atomic mass is 35.5. The van der Waals surface area contributed by atoms with Gasteiger partial charge < -0.3 is 0 Å². The van der Waals surface area contributed by atoms with Gasteiger partial charge in [-0.25, -0.2) is 4.79 Å². The molecule has 0 aromatic heterocycles. The molecule has 0 fully saturated rings. The van der Waals surface area contributed by atoms with Gasteiger partial charge in [-0.2, -0.15) is 4.99 Å². The van der Waals surface area contributed by atoms with Crippen molar-refractivity contribution >= 4 is 29.3 Å². The van der Waals surface area contributed by atoms with Crippen LogP contribution in [0, 0.1) is 0 Å². The van der Waals surface area contributed by atoms with Crippen LogP contribution >= 0.6 is 23.2 Å². The zero-order chi connectivity index (χ0) is 8.32. The van der Waals surface area contributed by atoms with Crippen molar-refractivity contribution in [1.29, 1.82) is 0 Å². The molecule has 0 spiro atoms. The Kier molecular flexibility index (Phi) is 2.50. The maximum absolute atomic E-state index is 9.94. The largest absolute Gasteiger partial charge is 0.237 e. The van der Waals surface area contributed by atoms with Crippen molar-refractivity contribution in [2.24, 2.45) is 4.99 Å². The highest BCUT2D eigenvalue weighted by molar-refractivity contribution is 6.39. The van der Waals surface area contributed by atoms with Crippen molar-refractivity contribution < 1.29 is 4.79 Å².